The Balaban J connectivity index is 1.88. The summed E-state index contributed by atoms with van der Waals surface area (Å²) in [6.07, 6.45) is 2.74. The van der Waals surface area contributed by atoms with Crippen molar-refractivity contribution >= 4 is 0 Å². The molecule has 0 atom stereocenters. The largest absolute Gasteiger partial charge is 0.278 e. The van der Waals surface area contributed by atoms with Crippen LogP contribution in [0.5, 0.6) is 0 Å². The second kappa shape index (κ2) is 4.88. The molecule has 0 spiro atoms. The minimum atomic E-state index is 0.961. The molecule has 2 nitrogen and oxygen atoms in total. The molecule has 0 bridgehead atoms. The predicted octanol–water partition coefficient (Wildman–Crippen LogP) is 3.67. The third kappa shape index (κ3) is 2.33. The molecule has 0 aliphatic rings. The molecule has 1 heterocycles. The Labute approximate surface area is 106 Å². The Bertz CT molecular complexity index is 613. The van der Waals surface area contributed by atoms with Crippen LogP contribution >= 0.6 is 0 Å². The van der Waals surface area contributed by atoms with E-state index in [1.807, 2.05) is 12.1 Å². The fourth-order valence-electron chi connectivity index (χ4n) is 2.10. The van der Waals surface area contributed by atoms with Gasteiger partial charge in [-0.3, -0.25) is 5.10 Å². The monoisotopic (exact) mass is 234 g/mol. The van der Waals surface area contributed by atoms with E-state index in [-0.39, 0.29) is 0 Å². The number of nitrogens with zero attached hydrogens (tertiary/aromatic N) is 1. The highest BCUT2D eigenvalue weighted by molar-refractivity contribution is 5.59. The SMILES string of the molecule is c1ccc(Cc2cccc(-c3ccn[nH]3)c2)cc1. The van der Waals surface area contributed by atoms with Crippen LogP contribution in [-0.2, 0) is 6.42 Å². The van der Waals surface area contributed by atoms with Gasteiger partial charge in [-0.15, -0.1) is 0 Å². The molecule has 88 valence electrons. The maximum Gasteiger partial charge on any atom is 0.0650 e. The highest BCUT2D eigenvalue weighted by Crippen LogP contribution is 2.19. The van der Waals surface area contributed by atoms with Crippen LogP contribution in [0.1, 0.15) is 11.1 Å². The number of hydrogen-bond acceptors (Lipinski definition) is 1. The van der Waals surface area contributed by atoms with Crippen LogP contribution in [0, 0.1) is 0 Å². The van der Waals surface area contributed by atoms with Crippen molar-refractivity contribution < 1.29 is 0 Å². The van der Waals surface area contributed by atoms with Gasteiger partial charge in [0.2, 0.25) is 0 Å². The van der Waals surface area contributed by atoms with Gasteiger partial charge in [0.15, 0.2) is 0 Å². The Morgan fingerprint density at radius 2 is 1.67 bits per heavy atom. The first-order valence-electron chi connectivity index (χ1n) is 6.04. The third-order valence-electron chi connectivity index (χ3n) is 2.99. The molecule has 3 rings (SSSR count). The van der Waals surface area contributed by atoms with Gasteiger partial charge in [-0.1, -0.05) is 48.5 Å². The summed E-state index contributed by atoms with van der Waals surface area (Å²) in [4.78, 5) is 0. The summed E-state index contributed by atoms with van der Waals surface area (Å²) in [6, 6.07) is 21.1. The Morgan fingerprint density at radius 3 is 2.44 bits per heavy atom. The molecule has 18 heavy (non-hydrogen) atoms. The summed E-state index contributed by atoms with van der Waals surface area (Å²) in [5.74, 6) is 0. The second-order valence-corrected chi connectivity index (χ2v) is 4.33. The van der Waals surface area contributed by atoms with Gasteiger partial charge in [-0.2, -0.15) is 5.10 Å². The summed E-state index contributed by atoms with van der Waals surface area (Å²) in [5, 5.41) is 6.98. The molecule has 0 aliphatic heterocycles. The van der Waals surface area contributed by atoms with Crippen molar-refractivity contribution in [3.63, 3.8) is 0 Å². The van der Waals surface area contributed by atoms with Crippen LogP contribution in [0.2, 0.25) is 0 Å². The van der Waals surface area contributed by atoms with E-state index < -0.39 is 0 Å². The zero-order valence-corrected chi connectivity index (χ0v) is 10.0. The maximum atomic E-state index is 3.99. The molecule has 2 aromatic carbocycles. The molecule has 0 unspecified atom stereocenters. The van der Waals surface area contributed by atoms with Crippen molar-refractivity contribution in [1.82, 2.24) is 10.2 Å². The minimum absolute atomic E-state index is 0.961. The van der Waals surface area contributed by atoms with Crippen molar-refractivity contribution in [3.8, 4) is 11.3 Å². The van der Waals surface area contributed by atoms with Crippen LogP contribution < -0.4 is 0 Å². The molecular weight excluding hydrogens is 220 g/mol. The van der Waals surface area contributed by atoms with Crippen LogP contribution in [0.15, 0.2) is 66.9 Å². The molecule has 2 heteroatoms. The molecule has 0 aliphatic carbocycles. The average Bonchev–Trinajstić information content (AvgIpc) is 2.94. The second-order valence-electron chi connectivity index (χ2n) is 4.33. The van der Waals surface area contributed by atoms with Crippen molar-refractivity contribution in [2.45, 2.75) is 6.42 Å². The Kier molecular flexibility index (Phi) is 2.92. The highest BCUT2D eigenvalue weighted by atomic mass is 15.1. The number of hydrogen-bond donors (Lipinski definition) is 1. The summed E-state index contributed by atoms with van der Waals surface area (Å²) in [5.41, 5.74) is 4.89. The first-order valence-corrected chi connectivity index (χ1v) is 6.04. The molecule has 0 radical (unpaired) electrons. The lowest BCUT2D eigenvalue weighted by molar-refractivity contribution is 1.09. The Hall–Kier alpha value is -2.35. The number of aromatic amines is 1. The number of benzene rings is 2. The average molecular weight is 234 g/mol. The van der Waals surface area contributed by atoms with Gasteiger partial charge in [0, 0.05) is 6.20 Å². The first kappa shape index (κ1) is 10.8. The van der Waals surface area contributed by atoms with Crippen LogP contribution in [-0.4, -0.2) is 10.2 Å². The lowest BCUT2D eigenvalue weighted by atomic mass is 10.0. The highest BCUT2D eigenvalue weighted by Gasteiger charge is 2.01. The summed E-state index contributed by atoms with van der Waals surface area (Å²) in [6.45, 7) is 0. The molecule has 0 amide bonds. The van der Waals surface area contributed by atoms with E-state index in [4.69, 9.17) is 0 Å². The van der Waals surface area contributed by atoms with E-state index in [9.17, 15) is 0 Å². The lowest BCUT2D eigenvalue weighted by Gasteiger charge is -2.04. The van der Waals surface area contributed by atoms with E-state index in [0.717, 1.165) is 12.1 Å². The molecule has 0 saturated carbocycles. The molecule has 0 saturated heterocycles. The normalized spacial score (nSPS) is 10.4. The molecule has 1 aromatic heterocycles. The van der Waals surface area contributed by atoms with E-state index in [1.54, 1.807) is 6.20 Å². The van der Waals surface area contributed by atoms with E-state index in [1.165, 1.54) is 16.7 Å². The number of H-pyrrole nitrogens is 1. The van der Waals surface area contributed by atoms with Crippen LogP contribution in [0.3, 0.4) is 0 Å². The molecule has 1 N–H and O–H groups in total. The van der Waals surface area contributed by atoms with Gasteiger partial charge in [0.25, 0.3) is 0 Å². The smallest absolute Gasteiger partial charge is 0.0650 e. The fourth-order valence-corrected chi connectivity index (χ4v) is 2.10. The van der Waals surface area contributed by atoms with Crippen molar-refractivity contribution in [1.29, 1.82) is 0 Å². The maximum absolute atomic E-state index is 3.99. The predicted molar refractivity (Wildman–Crippen MR) is 73.3 cm³/mol. The van der Waals surface area contributed by atoms with Gasteiger partial charge >= 0.3 is 0 Å². The zero-order chi connectivity index (χ0) is 12.2. The standard InChI is InChI=1S/C16H14N2/c1-2-5-13(6-3-1)11-14-7-4-8-15(12-14)16-9-10-17-18-16/h1-10,12H,11H2,(H,17,18). The number of nitrogens with one attached hydrogen (secondary N) is 1. The van der Waals surface area contributed by atoms with Crippen LogP contribution in [0.25, 0.3) is 11.3 Å². The lowest BCUT2D eigenvalue weighted by Crippen LogP contribution is -1.88. The minimum Gasteiger partial charge on any atom is -0.278 e. The van der Waals surface area contributed by atoms with Crippen LogP contribution in [0.4, 0.5) is 0 Å². The quantitative estimate of drug-likeness (QED) is 0.736. The molecule has 0 fully saturated rings. The molecular formula is C16H14N2. The third-order valence-corrected chi connectivity index (χ3v) is 2.99. The van der Waals surface area contributed by atoms with Crippen molar-refractivity contribution in [3.05, 3.63) is 78.0 Å². The number of rotatable bonds is 3. The van der Waals surface area contributed by atoms with Crippen molar-refractivity contribution in [2.24, 2.45) is 0 Å². The fraction of sp³-hybridized carbons (Fsp3) is 0.0625. The number of aromatic nitrogens is 2. The van der Waals surface area contributed by atoms with E-state index >= 15 is 0 Å². The van der Waals surface area contributed by atoms with Gasteiger partial charge in [-0.05, 0) is 35.2 Å². The van der Waals surface area contributed by atoms with E-state index in [2.05, 4.69) is 58.7 Å². The summed E-state index contributed by atoms with van der Waals surface area (Å²) >= 11 is 0. The van der Waals surface area contributed by atoms with Gasteiger partial charge < -0.3 is 0 Å². The van der Waals surface area contributed by atoms with Gasteiger partial charge in [0.1, 0.15) is 0 Å². The first-order chi connectivity index (χ1) is 8.92. The summed E-state index contributed by atoms with van der Waals surface area (Å²) in [7, 11) is 0. The molecule has 3 aromatic rings. The van der Waals surface area contributed by atoms with E-state index in [0.29, 0.717) is 0 Å². The van der Waals surface area contributed by atoms with Gasteiger partial charge in [0.05, 0.1) is 5.69 Å². The summed E-state index contributed by atoms with van der Waals surface area (Å²) < 4.78 is 0. The Morgan fingerprint density at radius 1 is 0.833 bits per heavy atom. The van der Waals surface area contributed by atoms with Crippen molar-refractivity contribution in [2.75, 3.05) is 0 Å². The topological polar surface area (TPSA) is 28.7 Å². The van der Waals surface area contributed by atoms with Gasteiger partial charge in [-0.25, -0.2) is 0 Å². The zero-order valence-electron chi connectivity index (χ0n) is 10.0.